The summed E-state index contributed by atoms with van der Waals surface area (Å²) in [5.74, 6) is -1.45. The summed E-state index contributed by atoms with van der Waals surface area (Å²) >= 11 is 0. The zero-order chi connectivity index (χ0) is 20.8. The maximum Gasteiger partial charge on any atom is 0.340 e. The summed E-state index contributed by atoms with van der Waals surface area (Å²) in [6.07, 6.45) is 0.970. The molecule has 1 aliphatic rings. The first-order valence-electron chi connectivity index (χ1n) is 8.61. The molecule has 0 unspecified atom stereocenters. The molecule has 0 aromatic carbocycles. The standard InChI is InChI=1S/C18H23N3O7/c1-6-27-16-10(8-13(22)25-4)14(18(24)26-5)12(19-16)7-11-15(23)20-21-17(11)28-9(2)3/h7,9,19H,6,8H2,1-5H3,(H,20,23). The smallest absolute Gasteiger partial charge is 0.340 e. The fourth-order valence-electron chi connectivity index (χ4n) is 2.54. The van der Waals surface area contributed by atoms with Gasteiger partial charge in [0.1, 0.15) is 5.57 Å². The third-order valence-corrected chi connectivity index (χ3v) is 3.69. The molecule has 0 aliphatic carbocycles. The van der Waals surface area contributed by atoms with E-state index in [9.17, 15) is 14.4 Å². The van der Waals surface area contributed by atoms with Crippen LogP contribution in [0.5, 0.6) is 5.88 Å². The van der Waals surface area contributed by atoms with E-state index in [4.69, 9.17) is 18.9 Å². The molecule has 28 heavy (non-hydrogen) atoms. The monoisotopic (exact) mass is 393 g/mol. The van der Waals surface area contributed by atoms with Gasteiger partial charge in [-0.3, -0.25) is 9.59 Å². The minimum Gasteiger partial charge on any atom is -0.479 e. The van der Waals surface area contributed by atoms with Gasteiger partial charge in [0, 0.05) is 5.56 Å². The summed E-state index contributed by atoms with van der Waals surface area (Å²) in [4.78, 5) is 39.3. The van der Waals surface area contributed by atoms with Gasteiger partial charge in [0.05, 0.1) is 44.6 Å². The van der Waals surface area contributed by atoms with Crippen LogP contribution in [0, 0.1) is 0 Å². The van der Waals surface area contributed by atoms with Crippen molar-refractivity contribution in [1.82, 2.24) is 10.4 Å². The Hall–Kier alpha value is -3.30. The summed E-state index contributed by atoms with van der Waals surface area (Å²) in [5, 5.41) is 3.85. The van der Waals surface area contributed by atoms with Crippen molar-refractivity contribution in [1.29, 1.82) is 0 Å². The number of nitrogens with zero attached hydrogens (tertiary/aromatic N) is 1. The largest absolute Gasteiger partial charge is 0.479 e. The van der Waals surface area contributed by atoms with Crippen molar-refractivity contribution in [3.8, 4) is 5.88 Å². The van der Waals surface area contributed by atoms with Crippen molar-refractivity contribution >= 4 is 29.8 Å². The van der Waals surface area contributed by atoms with E-state index in [0.717, 1.165) is 0 Å². The van der Waals surface area contributed by atoms with E-state index in [1.807, 2.05) is 0 Å². The number of hydrazone groups is 1. The molecule has 0 bridgehead atoms. The lowest BCUT2D eigenvalue weighted by molar-refractivity contribution is -0.139. The minimum absolute atomic E-state index is 0.0625. The predicted octanol–water partition coefficient (Wildman–Crippen LogP) is 1.17. The van der Waals surface area contributed by atoms with Gasteiger partial charge in [-0.15, -0.1) is 5.10 Å². The third-order valence-electron chi connectivity index (χ3n) is 3.69. The van der Waals surface area contributed by atoms with Gasteiger partial charge in [-0.25, -0.2) is 10.2 Å². The maximum absolute atomic E-state index is 12.4. The van der Waals surface area contributed by atoms with Crippen LogP contribution in [0.3, 0.4) is 0 Å². The summed E-state index contributed by atoms with van der Waals surface area (Å²) in [7, 11) is 2.45. The molecular formula is C18H23N3O7. The number of hydrogen-bond acceptors (Lipinski definition) is 8. The second-order valence-electron chi connectivity index (χ2n) is 5.98. The van der Waals surface area contributed by atoms with Gasteiger partial charge in [-0.2, -0.15) is 0 Å². The first-order valence-corrected chi connectivity index (χ1v) is 8.61. The molecule has 1 amide bonds. The highest BCUT2D eigenvalue weighted by Crippen LogP contribution is 2.30. The molecule has 152 valence electrons. The Morgan fingerprint density at radius 1 is 1.21 bits per heavy atom. The molecule has 0 radical (unpaired) electrons. The van der Waals surface area contributed by atoms with Crippen LogP contribution in [0.4, 0.5) is 0 Å². The molecule has 1 aromatic heterocycles. The minimum atomic E-state index is -0.699. The van der Waals surface area contributed by atoms with Crippen LogP contribution in [0.25, 0.3) is 6.08 Å². The van der Waals surface area contributed by atoms with Gasteiger partial charge < -0.3 is 23.9 Å². The fourth-order valence-corrected chi connectivity index (χ4v) is 2.54. The van der Waals surface area contributed by atoms with Crippen LogP contribution in [0.1, 0.15) is 42.4 Å². The Kier molecular flexibility index (Phi) is 6.80. The number of rotatable bonds is 7. The molecule has 10 nitrogen and oxygen atoms in total. The Morgan fingerprint density at radius 3 is 2.50 bits per heavy atom. The van der Waals surface area contributed by atoms with Crippen LogP contribution < -0.4 is 10.2 Å². The maximum atomic E-state index is 12.4. The number of amides is 1. The third kappa shape index (κ3) is 4.51. The summed E-state index contributed by atoms with van der Waals surface area (Å²) in [6.45, 7) is 5.62. The number of esters is 2. The van der Waals surface area contributed by atoms with Crippen LogP contribution >= 0.6 is 0 Å². The van der Waals surface area contributed by atoms with Gasteiger partial charge in [0.2, 0.25) is 5.90 Å². The number of carbonyl (C=O) groups is 3. The highest BCUT2D eigenvalue weighted by Gasteiger charge is 2.30. The van der Waals surface area contributed by atoms with E-state index in [0.29, 0.717) is 0 Å². The van der Waals surface area contributed by atoms with Gasteiger partial charge in [0.25, 0.3) is 5.91 Å². The molecule has 2 heterocycles. The normalized spacial score (nSPS) is 14.7. The molecule has 0 fully saturated rings. The zero-order valence-electron chi connectivity index (χ0n) is 16.4. The predicted molar refractivity (Wildman–Crippen MR) is 98.8 cm³/mol. The van der Waals surface area contributed by atoms with Crippen LogP contribution in [-0.2, 0) is 30.2 Å². The van der Waals surface area contributed by atoms with Crippen molar-refractivity contribution in [2.24, 2.45) is 5.10 Å². The second-order valence-corrected chi connectivity index (χ2v) is 5.98. The van der Waals surface area contributed by atoms with Gasteiger partial charge >= 0.3 is 11.9 Å². The van der Waals surface area contributed by atoms with Crippen molar-refractivity contribution in [3.63, 3.8) is 0 Å². The number of carbonyl (C=O) groups excluding carboxylic acids is 3. The average molecular weight is 393 g/mol. The molecule has 0 saturated carbocycles. The molecular weight excluding hydrogens is 370 g/mol. The van der Waals surface area contributed by atoms with E-state index < -0.39 is 17.8 Å². The Bertz CT molecular complexity index is 836. The lowest BCUT2D eigenvalue weighted by Gasteiger charge is -2.08. The van der Waals surface area contributed by atoms with E-state index in [1.54, 1.807) is 20.8 Å². The average Bonchev–Trinajstić information content (AvgIpc) is 3.16. The van der Waals surface area contributed by atoms with E-state index in [1.165, 1.54) is 20.3 Å². The topological polar surface area (TPSA) is 128 Å². The fraction of sp³-hybridized carbons (Fsp3) is 0.444. The Morgan fingerprint density at radius 2 is 1.93 bits per heavy atom. The molecule has 2 rings (SSSR count). The summed E-state index contributed by atoms with van der Waals surface area (Å²) in [6, 6.07) is 0. The highest BCUT2D eigenvalue weighted by atomic mass is 16.5. The molecule has 0 atom stereocenters. The lowest BCUT2D eigenvalue weighted by atomic mass is 10.1. The van der Waals surface area contributed by atoms with E-state index in [2.05, 4.69) is 15.5 Å². The summed E-state index contributed by atoms with van der Waals surface area (Å²) in [5.41, 5.74) is 2.99. The molecule has 1 aromatic rings. The number of hydrogen-bond donors (Lipinski definition) is 2. The quantitative estimate of drug-likeness (QED) is 0.525. The number of H-pyrrole nitrogens is 1. The SMILES string of the molecule is CCOc1[nH]c(C=C2C(=O)NN=C2OC(C)C)c(C(=O)OC)c1CC(=O)OC. The second kappa shape index (κ2) is 9.07. The lowest BCUT2D eigenvalue weighted by Crippen LogP contribution is -2.17. The van der Waals surface area contributed by atoms with E-state index in [-0.39, 0.29) is 53.3 Å². The molecule has 0 saturated heterocycles. The van der Waals surface area contributed by atoms with Crippen molar-refractivity contribution < 1.29 is 33.3 Å². The first kappa shape index (κ1) is 21.0. The van der Waals surface area contributed by atoms with Gasteiger partial charge in [-0.1, -0.05) is 0 Å². The summed E-state index contributed by atoms with van der Waals surface area (Å²) < 4.78 is 20.6. The number of aromatic amines is 1. The Labute approximate surface area is 161 Å². The first-order chi connectivity index (χ1) is 13.3. The van der Waals surface area contributed by atoms with Gasteiger partial charge in [0.15, 0.2) is 5.88 Å². The van der Waals surface area contributed by atoms with Crippen LogP contribution in [-0.4, -0.2) is 55.7 Å². The number of aromatic nitrogens is 1. The van der Waals surface area contributed by atoms with E-state index >= 15 is 0 Å². The van der Waals surface area contributed by atoms with Crippen molar-refractivity contribution in [3.05, 3.63) is 22.4 Å². The molecule has 10 heteroatoms. The van der Waals surface area contributed by atoms with Crippen LogP contribution in [0.15, 0.2) is 10.7 Å². The van der Waals surface area contributed by atoms with Crippen LogP contribution in [0.2, 0.25) is 0 Å². The molecule has 1 aliphatic heterocycles. The molecule has 0 spiro atoms. The number of ether oxygens (including phenoxy) is 4. The Balaban J connectivity index is 2.60. The number of nitrogens with one attached hydrogen (secondary N) is 2. The highest BCUT2D eigenvalue weighted by molar-refractivity contribution is 6.25. The number of methoxy groups -OCH3 is 2. The zero-order valence-corrected chi connectivity index (χ0v) is 16.4. The van der Waals surface area contributed by atoms with Crippen molar-refractivity contribution in [2.75, 3.05) is 20.8 Å². The van der Waals surface area contributed by atoms with Crippen molar-refractivity contribution in [2.45, 2.75) is 33.3 Å². The molecule has 2 N–H and O–H groups in total. The van der Waals surface area contributed by atoms with Gasteiger partial charge in [-0.05, 0) is 26.8 Å².